The van der Waals surface area contributed by atoms with Crippen LogP contribution < -0.4 is 5.32 Å². The molecule has 1 amide bonds. The molecule has 0 saturated carbocycles. The molecule has 0 atom stereocenters. The van der Waals surface area contributed by atoms with Gasteiger partial charge in [-0.1, -0.05) is 24.8 Å². The third-order valence-electron chi connectivity index (χ3n) is 4.28. The Kier molecular flexibility index (Phi) is 4.29. The van der Waals surface area contributed by atoms with E-state index in [0.29, 0.717) is 0 Å². The second-order valence-corrected chi connectivity index (χ2v) is 5.67. The minimum Gasteiger partial charge on any atom is -0.381 e. The zero-order chi connectivity index (χ0) is 15.5. The van der Waals surface area contributed by atoms with Crippen molar-refractivity contribution in [3.05, 3.63) is 42.1 Å². The number of aryl methyl sites for hydroxylation is 1. The maximum Gasteiger partial charge on any atom is 0.253 e. The molecule has 1 fully saturated rings. The summed E-state index contributed by atoms with van der Waals surface area (Å²) in [5.74, 6) is 0.00968. The lowest BCUT2D eigenvalue weighted by atomic mass is 10.1. The lowest BCUT2D eigenvalue weighted by molar-refractivity contribution is 0.0697. The average Bonchev–Trinajstić information content (AvgIpc) is 2.93. The van der Waals surface area contributed by atoms with E-state index >= 15 is 0 Å². The molecule has 4 nitrogen and oxygen atoms in total. The van der Waals surface area contributed by atoms with Gasteiger partial charge in [0.2, 0.25) is 0 Å². The van der Waals surface area contributed by atoms with E-state index in [2.05, 4.69) is 29.5 Å². The number of rotatable bonds is 4. The van der Waals surface area contributed by atoms with E-state index in [1.165, 1.54) is 0 Å². The molecule has 1 aliphatic rings. The zero-order valence-corrected chi connectivity index (χ0v) is 13.0. The van der Waals surface area contributed by atoms with Crippen molar-refractivity contribution in [1.29, 1.82) is 0 Å². The number of ether oxygens (including phenoxy) is 1. The summed E-state index contributed by atoms with van der Waals surface area (Å²) >= 11 is 0. The monoisotopic (exact) mass is 298 g/mol. The van der Waals surface area contributed by atoms with Crippen LogP contribution in [0.5, 0.6) is 0 Å². The minimum atomic E-state index is 0.00968. The summed E-state index contributed by atoms with van der Waals surface area (Å²) in [6, 6.07) is 6.31. The van der Waals surface area contributed by atoms with Crippen molar-refractivity contribution >= 4 is 22.9 Å². The van der Waals surface area contributed by atoms with E-state index in [1.54, 1.807) is 0 Å². The van der Waals surface area contributed by atoms with E-state index < -0.39 is 0 Å². The summed E-state index contributed by atoms with van der Waals surface area (Å²) in [5, 5.41) is 4.14. The fraction of sp³-hybridized carbons (Fsp3) is 0.389. The number of aromatic nitrogens is 1. The van der Waals surface area contributed by atoms with Crippen molar-refractivity contribution in [2.45, 2.75) is 32.4 Å². The number of nitrogens with zero attached hydrogens (tertiary/aromatic N) is 1. The molecule has 2 heterocycles. The first-order chi connectivity index (χ1) is 10.7. The van der Waals surface area contributed by atoms with Gasteiger partial charge in [0.15, 0.2) is 0 Å². The number of carbonyl (C=O) groups excluding carboxylic acids is 1. The summed E-state index contributed by atoms with van der Waals surface area (Å²) < 4.78 is 7.45. The molecule has 0 bridgehead atoms. The van der Waals surface area contributed by atoms with Crippen LogP contribution in [0.2, 0.25) is 0 Å². The van der Waals surface area contributed by atoms with Gasteiger partial charge in [0, 0.05) is 42.9 Å². The zero-order valence-electron chi connectivity index (χ0n) is 13.0. The Hall–Kier alpha value is -2.07. The normalized spacial score (nSPS) is 15.9. The molecule has 2 aromatic rings. The molecule has 116 valence electrons. The molecule has 0 unspecified atom stereocenters. The van der Waals surface area contributed by atoms with Crippen molar-refractivity contribution in [3.63, 3.8) is 0 Å². The Labute approximate surface area is 130 Å². The Bertz CT molecular complexity index is 696. The number of hydrogen-bond donors (Lipinski definition) is 1. The Morgan fingerprint density at radius 3 is 2.91 bits per heavy atom. The first-order valence-corrected chi connectivity index (χ1v) is 7.87. The van der Waals surface area contributed by atoms with E-state index in [4.69, 9.17) is 4.74 Å². The molecule has 0 radical (unpaired) electrons. The molecule has 1 saturated heterocycles. The van der Waals surface area contributed by atoms with E-state index in [9.17, 15) is 4.79 Å². The maximum absolute atomic E-state index is 12.6. The maximum atomic E-state index is 12.6. The predicted octanol–water partition coefficient (Wildman–Crippen LogP) is 3.21. The standard InChI is InChI=1S/C18H22N2O2/c1-3-13-5-6-15-16(12-20(4-2)17(15)11-13)18(21)19-14-7-9-22-10-8-14/h3,5-6,11-12,14H,1,4,7-10H2,2H3,(H,19,21). The summed E-state index contributed by atoms with van der Waals surface area (Å²) in [6.07, 6.45) is 5.55. The Balaban J connectivity index is 1.92. The van der Waals surface area contributed by atoms with Crippen LogP contribution >= 0.6 is 0 Å². The van der Waals surface area contributed by atoms with Crippen molar-refractivity contribution in [2.75, 3.05) is 13.2 Å². The van der Waals surface area contributed by atoms with Crippen LogP contribution in [0.4, 0.5) is 0 Å². The molecule has 3 rings (SSSR count). The number of fused-ring (bicyclic) bond motifs is 1. The van der Waals surface area contributed by atoms with E-state index in [0.717, 1.165) is 54.6 Å². The lowest BCUT2D eigenvalue weighted by Gasteiger charge is -2.22. The molecule has 4 heteroatoms. The summed E-state index contributed by atoms with van der Waals surface area (Å²) in [6.45, 7) is 8.18. The van der Waals surface area contributed by atoms with Crippen molar-refractivity contribution < 1.29 is 9.53 Å². The van der Waals surface area contributed by atoms with Crippen molar-refractivity contribution in [1.82, 2.24) is 9.88 Å². The highest BCUT2D eigenvalue weighted by molar-refractivity contribution is 6.07. The van der Waals surface area contributed by atoms with Crippen LogP contribution in [0.1, 0.15) is 35.7 Å². The SMILES string of the molecule is C=Cc1ccc2c(C(=O)NC3CCOCC3)cn(CC)c2c1. The van der Waals surface area contributed by atoms with Gasteiger partial charge in [0.25, 0.3) is 5.91 Å². The third-order valence-corrected chi connectivity index (χ3v) is 4.28. The summed E-state index contributed by atoms with van der Waals surface area (Å²) in [4.78, 5) is 12.6. The van der Waals surface area contributed by atoms with Crippen LogP contribution in [-0.4, -0.2) is 29.7 Å². The molecule has 1 aromatic carbocycles. The smallest absolute Gasteiger partial charge is 0.253 e. The molecule has 1 aromatic heterocycles. The quantitative estimate of drug-likeness (QED) is 0.942. The van der Waals surface area contributed by atoms with Gasteiger partial charge < -0.3 is 14.6 Å². The van der Waals surface area contributed by atoms with E-state index in [-0.39, 0.29) is 11.9 Å². The number of hydrogen-bond acceptors (Lipinski definition) is 2. The van der Waals surface area contributed by atoms with Gasteiger partial charge in [-0.3, -0.25) is 4.79 Å². The first kappa shape index (κ1) is 14.9. The highest BCUT2D eigenvalue weighted by atomic mass is 16.5. The van der Waals surface area contributed by atoms with Crippen LogP contribution in [0.15, 0.2) is 31.0 Å². The number of amides is 1. The summed E-state index contributed by atoms with van der Waals surface area (Å²) in [7, 11) is 0. The number of benzene rings is 1. The predicted molar refractivity (Wildman–Crippen MR) is 89.0 cm³/mol. The fourth-order valence-electron chi connectivity index (χ4n) is 2.98. The molecular formula is C18H22N2O2. The van der Waals surface area contributed by atoms with Gasteiger partial charge in [0.05, 0.1) is 5.56 Å². The molecule has 0 aliphatic carbocycles. The van der Waals surface area contributed by atoms with Gasteiger partial charge in [-0.05, 0) is 31.4 Å². The second kappa shape index (κ2) is 6.36. The fourth-order valence-corrected chi connectivity index (χ4v) is 2.98. The van der Waals surface area contributed by atoms with Gasteiger partial charge in [-0.15, -0.1) is 0 Å². The molecule has 22 heavy (non-hydrogen) atoms. The Morgan fingerprint density at radius 2 is 2.23 bits per heavy atom. The van der Waals surface area contributed by atoms with Crippen LogP contribution in [0.25, 0.3) is 17.0 Å². The lowest BCUT2D eigenvalue weighted by Crippen LogP contribution is -2.38. The van der Waals surface area contributed by atoms with Crippen molar-refractivity contribution in [2.24, 2.45) is 0 Å². The number of nitrogens with one attached hydrogen (secondary N) is 1. The first-order valence-electron chi connectivity index (χ1n) is 7.87. The average molecular weight is 298 g/mol. The largest absolute Gasteiger partial charge is 0.381 e. The molecule has 1 aliphatic heterocycles. The Morgan fingerprint density at radius 1 is 1.45 bits per heavy atom. The third kappa shape index (κ3) is 2.79. The molecule has 0 spiro atoms. The van der Waals surface area contributed by atoms with Gasteiger partial charge in [-0.2, -0.15) is 0 Å². The topological polar surface area (TPSA) is 43.3 Å². The molecular weight excluding hydrogens is 276 g/mol. The van der Waals surface area contributed by atoms with Crippen LogP contribution in [0.3, 0.4) is 0 Å². The minimum absolute atomic E-state index is 0.00968. The van der Waals surface area contributed by atoms with Crippen molar-refractivity contribution in [3.8, 4) is 0 Å². The van der Waals surface area contributed by atoms with Gasteiger partial charge in [0.1, 0.15) is 0 Å². The highest BCUT2D eigenvalue weighted by Gasteiger charge is 2.20. The number of carbonyl (C=O) groups is 1. The van der Waals surface area contributed by atoms with Gasteiger partial charge in [-0.25, -0.2) is 0 Å². The highest BCUT2D eigenvalue weighted by Crippen LogP contribution is 2.24. The van der Waals surface area contributed by atoms with Crippen LogP contribution in [0, 0.1) is 0 Å². The summed E-state index contributed by atoms with van der Waals surface area (Å²) in [5.41, 5.74) is 2.90. The van der Waals surface area contributed by atoms with Gasteiger partial charge >= 0.3 is 0 Å². The second-order valence-electron chi connectivity index (χ2n) is 5.67. The van der Waals surface area contributed by atoms with E-state index in [1.807, 2.05) is 24.4 Å². The van der Waals surface area contributed by atoms with Crippen LogP contribution in [-0.2, 0) is 11.3 Å². The molecule has 1 N–H and O–H groups in total.